The monoisotopic (exact) mass is 502 g/mol. The molecule has 0 unspecified atom stereocenters. The van der Waals surface area contributed by atoms with Crippen molar-refractivity contribution in [1.82, 2.24) is 25.2 Å². The number of piperazine rings is 1. The van der Waals surface area contributed by atoms with Crippen LogP contribution < -0.4 is 20.3 Å². The largest absolute Gasteiger partial charge is 0.434 e. The van der Waals surface area contributed by atoms with Gasteiger partial charge in [0.25, 0.3) is 5.91 Å². The summed E-state index contributed by atoms with van der Waals surface area (Å²) < 4.78 is 33.4. The van der Waals surface area contributed by atoms with Crippen LogP contribution in [-0.4, -0.2) is 53.2 Å². The average molecular weight is 503 g/mol. The van der Waals surface area contributed by atoms with Gasteiger partial charge in [0, 0.05) is 49.1 Å². The number of hydrogen-bond acceptors (Lipinski definition) is 6. The molecule has 7 rings (SSSR count). The quantitative estimate of drug-likeness (QED) is 0.441. The summed E-state index contributed by atoms with van der Waals surface area (Å²) in [5.74, 6) is 1.39. The molecule has 2 bridgehead atoms. The first kappa shape index (κ1) is 22.2. The molecule has 0 aliphatic carbocycles. The molecule has 1 saturated heterocycles. The number of aromatic nitrogens is 3. The second-order valence-corrected chi connectivity index (χ2v) is 9.56. The lowest BCUT2D eigenvalue weighted by Gasteiger charge is -2.28. The Morgan fingerprint density at radius 2 is 1.89 bits per heavy atom. The van der Waals surface area contributed by atoms with Gasteiger partial charge in [-0.25, -0.2) is 9.97 Å². The van der Waals surface area contributed by atoms with Crippen molar-refractivity contribution in [3.8, 4) is 16.9 Å². The number of pyridine rings is 1. The van der Waals surface area contributed by atoms with E-state index in [-0.39, 0.29) is 23.7 Å². The van der Waals surface area contributed by atoms with Gasteiger partial charge in [0.15, 0.2) is 0 Å². The molecule has 0 radical (unpaired) electrons. The van der Waals surface area contributed by atoms with Crippen molar-refractivity contribution in [2.45, 2.75) is 25.1 Å². The van der Waals surface area contributed by atoms with Crippen LogP contribution in [0.1, 0.15) is 40.3 Å². The van der Waals surface area contributed by atoms with Crippen LogP contribution >= 0.6 is 0 Å². The maximum absolute atomic E-state index is 13.3. The lowest BCUT2D eigenvalue weighted by atomic mass is 9.97. The van der Waals surface area contributed by atoms with Crippen molar-refractivity contribution in [2.24, 2.45) is 0 Å². The number of hydrogen-bond donors (Lipinski definition) is 2. The maximum atomic E-state index is 13.3. The molecule has 3 aliphatic rings. The fourth-order valence-corrected chi connectivity index (χ4v) is 5.83. The molecule has 10 heteroatoms. The number of rotatable bonds is 4. The van der Waals surface area contributed by atoms with Gasteiger partial charge < -0.3 is 24.8 Å². The first-order valence-corrected chi connectivity index (χ1v) is 12.4. The number of imidazole rings is 1. The van der Waals surface area contributed by atoms with Gasteiger partial charge in [-0.15, -0.1) is 0 Å². The Hall–Kier alpha value is -4.05. The van der Waals surface area contributed by atoms with Crippen molar-refractivity contribution in [3.05, 3.63) is 71.7 Å². The number of fused-ring (bicyclic) bond motifs is 9. The Bertz CT molecular complexity index is 1510. The van der Waals surface area contributed by atoms with E-state index in [2.05, 4.69) is 32.2 Å². The maximum Gasteiger partial charge on any atom is 0.387 e. The highest BCUT2D eigenvalue weighted by Gasteiger charge is 2.42. The van der Waals surface area contributed by atoms with Crippen molar-refractivity contribution >= 4 is 22.8 Å². The SMILES string of the molecule is O=C1N[C@@H]2C[C@H](c3c(OC(F)F)cccc31)n1c2nc2ccc(-c3ccc(N4CCNCC4)nc3)cc21. The second-order valence-electron chi connectivity index (χ2n) is 9.56. The summed E-state index contributed by atoms with van der Waals surface area (Å²) in [6.45, 7) is 0.762. The molecule has 8 nitrogen and oxygen atoms in total. The van der Waals surface area contributed by atoms with E-state index in [1.165, 1.54) is 6.07 Å². The van der Waals surface area contributed by atoms with Crippen LogP contribution in [0, 0.1) is 0 Å². The zero-order valence-electron chi connectivity index (χ0n) is 19.8. The summed E-state index contributed by atoms with van der Waals surface area (Å²) in [5, 5.41) is 6.38. The first-order valence-electron chi connectivity index (χ1n) is 12.4. The van der Waals surface area contributed by atoms with Crippen LogP contribution in [0.15, 0.2) is 54.7 Å². The van der Waals surface area contributed by atoms with E-state index in [1.807, 2.05) is 24.4 Å². The number of amides is 1. The molecule has 3 aliphatic heterocycles. The van der Waals surface area contributed by atoms with Crippen LogP contribution in [0.25, 0.3) is 22.2 Å². The number of ether oxygens (including phenoxy) is 1. The van der Waals surface area contributed by atoms with E-state index in [1.54, 1.807) is 12.1 Å². The molecule has 2 aromatic heterocycles. The van der Waals surface area contributed by atoms with Gasteiger partial charge in [0.1, 0.15) is 17.4 Å². The molecule has 0 spiro atoms. The number of nitrogens with one attached hydrogen (secondary N) is 2. The minimum Gasteiger partial charge on any atom is -0.434 e. The molecule has 0 saturated carbocycles. The zero-order chi connectivity index (χ0) is 25.1. The van der Waals surface area contributed by atoms with Gasteiger partial charge in [-0.1, -0.05) is 12.1 Å². The van der Waals surface area contributed by atoms with Gasteiger partial charge >= 0.3 is 6.61 Å². The van der Waals surface area contributed by atoms with Gasteiger partial charge in [0.2, 0.25) is 0 Å². The van der Waals surface area contributed by atoms with Gasteiger partial charge in [-0.2, -0.15) is 8.78 Å². The summed E-state index contributed by atoms with van der Waals surface area (Å²) >= 11 is 0. The highest BCUT2D eigenvalue weighted by atomic mass is 19.3. The highest BCUT2D eigenvalue weighted by molar-refractivity contribution is 5.98. The number of carbonyl (C=O) groups is 1. The fourth-order valence-electron chi connectivity index (χ4n) is 5.83. The highest BCUT2D eigenvalue weighted by Crippen LogP contribution is 2.47. The topological polar surface area (TPSA) is 84.3 Å². The first-order chi connectivity index (χ1) is 18.1. The summed E-state index contributed by atoms with van der Waals surface area (Å²) in [5.41, 5.74) is 4.43. The number of benzene rings is 2. The Kier molecular flexibility index (Phi) is 5.10. The number of nitrogens with zero attached hydrogens (tertiary/aromatic N) is 4. The Morgan fingerprint density at radius 3 is 2.68 bits per heavy atom. The molecule has 2 aromatic carbocycles. The predicted octanol–water partition coefficient (Wildman–Crippen LogP) is 3.89. The normalized spacial score (nSPS) is 20.5. The standard InChI is InChI=1S/C27H24F2N6O2/c28-27(29)37-22-3-1-2-17-24(22)21-13-19(33-26(17)36)25-32-18-6-4-15(12-20(18)35(21)25)16-5-7-23(31-14-16)34-10-8-30-9-11-34/h1-7,12,14,19,21,27,30H,8-11,13H2,(H,33,36)/t19-,21-/m1/s1. The van der Waals surface area contributed by atoms with Crippen molar-refractivity contribution in [1.29, 1.82) is 0 Å². The van der Waals surface area contributed by atoms with Crippen LogP contribution in [0.3, 0.4) is 0 Å². The zero-order valence-corrected chi connectivity index (χ0v) is 19.8. The van der Waals surface area contributed by atoms with E-state index in [0.717, 1.165) is 60.0 Å². The summed E-state index contributed by atoms with van der Waals surface area (Å²) in [7, 11) is 0. The van der Waals surface area contributed by atoms with E-state index >= 15 is 0 Å². The van der Waals surface area contributed by atoms with Crippen LogP contribution in [0.4, 0.5) is 14.6 Å². The van der Waals surface area contributed by atoms with E-state index < -0.39 is 6.61 Å². The van der Waals surface area contributed by atoms with Gasteiger partial charge in [-0.3, -0.25) is 4.79 Å². The van der Waals surface area contributed by atoms with Crippen molar-refractivity contribution in [2.75, 3.05) is 31.1 Å². The smallest absolute Gasteiger partial charge is 0.387 e. The van der Waals surface area contributed by atoms with Gasteiger partial charge in [0.05, 0.1) is 23.1 Å². The third-order valence-electron chi connectivity index (χ3n) is 7.49. The molecule has 1 fully saturated rings. The number of alkyl halides is 2. The fraction of sp³-hybridized carbons (Fsp3) is 0.296. The van der Waals surface area contributed by atoms with Crippen LogP contribution in [-0.2, 0) is 0 Å². The lowest BCUT2D eigenvalue weighted by molar-refractivity contribution is -0.0507. The molecule has 37 heavy (non-hydrogen) atoms. The molecular weight excluding hydrogens is 478 g/mol. The summed E-state index contributed by atoms with van der Waals surface area (Å²) in [6.07, 6.45) is 2.40. The summed E-state index contributed by atoms with van der Waals surface area (Å²) in [4.78, 5) is 24.7. The number of anilines is 1. The Morgan fingerprint density at radius 1 is 1.05 bits per heavy atom. The number of carbonyl (C=O) groups excluding carboxylic acids is 1. The van der Waals surface area contributed by atoms with Crippen molar-refractivity contribution in [3.63, 3.8) is 0 Å². The Labute approximate surface area is 211 Å². The van der Waals surface area contributed by atoms with Gasteiger partial charge in [-0.05, 0) is 48.4 Å². The van der Waals surface area contributed by atoms with Crippen LogP contribution in [0.5, 0.6) is 5.75 Å². The second kappa shape index (κ2) is 8.52. The molecule has 1 amide bonds. The average Bonchev–Trinajstić information content (AvgIpc) is 3.41. The Balaban J connectivity index is 1.31. The third kappa shape index (κ3) is 3.62. The molecule has 4 aromatic rings. The molecule has 2 atom stereocenters. The lowest BCUT2D eigenvalue weighted by Crippen LogP contribution is -2.43. The predicted molar refractivity (Wildman–Crippen MR) is 134 cm³/mol. The molecule has 188 valence electrons. The molecule has 5 heterocycles. The molecular formula is C27H24F2N6O2. The van der Waals surface area contributed by atoms with E-state index in [9.17, 15) is 13.6 Å². The number of halogens is 2. The van der Waals surface area contributed by atoms with E-state index in [0.29, 0.717) is 17.5 Å². The van der Waals surface area contributed by atoms with Crippen LogP contribution in [0.2, 0.25) is 0 Å². The van der Waals surface area contributed by atoms with E-state index in [4.69, 9.17) is 14.7 Å². The minimum atomic E-state index is -2.99. The summed E-state index contributed by atoms with van der Waals surface area (Å²) in [6, 6.07) is 14.2. The molecule has 2 N–H and O–H groups in total. The third-order valence-corrected chi connectivity index (χ3v) is 7.49. The minimum absolute atomic E-state index is 0.0202. The van der Waals surface area contributed by atoms with Crippen molar-refractivity contribution < 1.29 is 18.3 Å².